The maximum absolute atomic E-state index is 5.53. The zero-order valence-corrected chi connectivity index (χ0v) is 14.3. The molecular formula is C14H34N8. The third-order valence-electron chi connectivity index (χ3n) is 3.07. The second kappa shape index (κ2) is 15.8. The number of hydrogen-bond acceptors (Lipinski definition) is 4. The van der Waals surface area contributed by atoms with E-state index in [0.717, 1.165) is 64.5 Å². The van der Waals surface area contributed by atoms with Gasteiger partial charge in [0.2, 0.25) is 0 Å². The number of nitrogens with two attached hydrogens (primary N) is 1. The van der Waals surface area contributed by atoms with E-state index in [1.807, 2.05) is 7.05 Å². The fourth-order valence-electron chi connectivity index (χ4n) is 1.80. The van der Waals surface area contributed by atoms with E-state index in [2.05, 4.69) is 36.6 Å². The topological polar surface area (TPSA) is 111 Å². The number of guanidine groups is 2. The van der Waals surface area contributed by atoms with Crippen molar-refractivity contribution in [3.63, 3.8) is 0 Å². The van der Waals surface area contributed by atoms with Gasteiger partial charge in [-0.2, -0.15) is 0 Å². The van der Waals surface area contributed by atoms with Gasteiger partial charge in [0.15, 0.2) is 11.9 Å². The Labute approximate surface area is 134 Å². The number of hydrogen-bond donors (Lipinski definition) is 6. The van der Waals surface area contributed by atoms with Gasteiger partial charge in [0.1, 0.15) is 0 Å². The second-order valence-corrected chi connectivity index (χ2v) is 4.85. The normalized spacial score (nSPS) is 12.3. The Bertz CT molecular complexity index is 303. The highest BCUT2D eigenvalue weighted by atomic mass is 15.1. The van der Waals surface area contributed by atoms with Crippen LogP contribution in [-0.4, -0.2) is 72.3 Å². The average molecular weight is 314 g/mol. The molecule has 0 spiro atoms. The molecule has 0 saturated carbocycles. The first kappa shape index (κ1) is 20.5. The molecule has 0 aliphatic rings. The van der Waals surface area contributed by atoms with Gasteiger partial charge in [-0.15, -0.1) is 0 Å². The van der Waals surface area contributed by atoms with Crippen LogP contribution in [0, 0.1) is 0 Å². The molecule has 0 aliphatic carbocycles. The molecular weight excluding hydrogens is 280 g/mol. The largest absolute Gasteiger partial charge is 0.370 e. The smallest absolute Gasteiger partial charge is 0.190 e. The molecule has 0 heterocycles. The molecule has 0 aromatic rings. The predicted molar refractivity (Wildman–Crippen MR) is 95.6 cm³/mol. The summed E-state index contributed by atoms with van der Waals surface area (Å²) in [5.41, 5.74) is 5.53. The van der Waals surface area contributed by atoms with Gasteiger partial charge in [0.25, 0.3) is 0 Å². The molecule has 0 aromatic heterocycles. The lowest BCUT2D eigenvalue weighted by atomic mass is 10.3. The summed E-state index contributed by atoms with van der Waals surface area (Å²) in [7, 11) is 5.32. The van der Waals surface area contributed by atoms with Crippen molar-refractivity contribution in [2.45, 2.75) is 19.3 Å². The molecule has 130 valence electrons. The quantitative estimate of drug-likeness (QED) is 0.151. The van der Waals surface area contributed by atoms with E-state index in [1.165, 1.54) is 0 Å². The van der Waals surface area contributed by atoms with Crippen molar-refractivity contribution in [2.75, 3.05) is 60.4 Å². The Morgan fingerprint density at radius 3 is 1.73 bits per heavy atom. The minimum atomic E-state index is 0.505. The molecule has 0 amide bonds. The minimum Gasteiger partial charge on any atom is -0.370 e. The van der Waals surface area contributed by atoms with Gasteiger partial charge in [-0.25, -0.2) is 0 Å². The fraction of sp³-hybridized carbons (Fsp3) is 0.857. The molecule has 0 bridgehead atoms. The van der Waals surface area contributed by atoms with Crippen molar-refractivity contribution in [1.82, 2.24) is 26.6 Å². The van der Waals surface area contributed by atoms with Crippen LogP contribution in [0.5, 0.6) is 0 Å². The van der Waals surface area contributed by atoms with E-state index >= 15 is 0 Å². The van der Waals surface area contributed by atoms with Crippen LogP contribution in [0.15, 0.2) is 9.98 Å². The molecule has 0 saturated heterocycles. The first-order valence-electron chi connectivity index (χ1n) is 8.00. The monoisotopic (exact) mass is 314 g/mol. The van der Waals surface area contributed by atoms with Gasteiger partial charge in [0.05, 0.1) is 0 Å². The van der Waals surface area contributed by atoms with Crippen LogP contribution in [0.1, 0.15) is 19.3 Å². The molecule has 0 aromatic carbocycles. The van der Waals surface area contributed by atoms with E-state index < -0.39 is 0 Å². The van der Waals surface area contributed by atoms with Crippen LogP contribution in [0.4, 0.5) is 0 Å². The highest BCUT2D eigenvalue weighted by molar-refractivity contribution is 5.79. The van der Waals surface area contributed by atoms with Crippen LogP contribution in [0.3, 0.4) is 0 Å². The van der Waals surface area contributed by atoms with Crippen molar-refractivity contribution >= 4 is 11.9 Å². The summed E-state index contributed by atoms with van der Waals surface area (Å²) in [5, 5.41) is 16.1. The molecule has 22 heavy (non-hydrogen) atoms. The third-order valence-corrected chi connectivity index (χ3v) is 3.07. The highest BCUT2D eigenvalue weighted by Crippen LogP contribution is 1.79. The number of rotatable bonds is 12. The second-order valence-electron chi connectivity index (χ2n) is 4.85. The van der Waals surface area contributed by atoms with Crippen LogP contribution in [-0.2, 0) is 0 Å². The molecule has 0 radical (unpaired) electrons. The summed E-state index contributed by atoms with van der Waals surface area (Å²) in [4.78, 5) is 7.89. The summed E-state index contributed by atoms with van der Waals surface area (Å²) in [6, 6.07) is 0. The van der Waals surface area contributed by atoms with Crippen LogP contribution >= 0.6 is 0 Å². The van der Waals surface area contributed by atoms with Crippen molar-refractivity contribution in [3.05, 3.63) is 0 Å². The lowest BCUT2D eigenvalue weighted by molar-refractivity contribution is 0.571. The van der Waals surface area contributed by atoms with E-state index in [0.29, 0.717) is 5.96 Å². The van der Waals surface area contributed by atoms with Gasteiger partial charge < -0.3 is 32.3 Å². The maximum atomic E-state index is 5.53. The Kier molecular flexibility index (Phi) is 14.7. The number of aliphatic imine (C=N–C) groups is 2. The SMILES string of the molecule is C/N=C(\N)NCCCNCCCNCCCN/C(=N/C)NC. The van der Waals surface area contributed by atoms with Gasteiger partial charge in [0, 0.05) is 34.2 Å². The molecule has 0 fully saturated rings. The summed E-state index contributed by atoms with van der Waals surface area (Å²) in [5.74, 6) is 1.34. The van der Waals surface area contributed by atoms with E-state index in [4.69, 9.17) is 5.73 Å². The summed E-state index contributed by atoms with van der Waals surface area (Å²) >= 11 is 0. The van der Waals surface area contributed by atoms with Crippen LogP contribution < -0.4 is 32.3 Å². The average Bonchev–Trinajstić information content (AvgIpc) is 2.55. The zero-order valence-electron chi connectivity index (χ0n) is 14.3. The summed E-state index contributed by atoms with van der Waals surface area (Å²) in [6.45, 7) is 5.88. The molecule has 0 unspecified atom stereocenters. The first-order valence-corrected chi connectivity index (χ1v) is 8.00. The predicted octanol–water partition coefficient (Wildman–Crippen LogP) is -1.34. The summed E-state index contributed by atoms with van der Waals surface area (Å²) in [6.07, 6.45) is 3.26. The van der Waals surface area contributed by atoms with Gasteiger partial charge in [-0.05, 0) is 45.4 Å². The highest BCUT2D eigenvalue weighted by Gasteiger charge is 1.93. The number of nitrogens with zero attached hydrogens (tertiary/aromatic N) is 2. The van der Waals surface area contributed by atoms with E-state index in [-0.39, 0.29) is 0 Å². The maximum Gasteiger partial charge on any atom is 0.190 e. The van der Waals surface area contributed by atoms with Crippen LogP contribution in [0.2, 0.25) is 0 Å². The molecule has 0 aliphatic heterocycles. The van der Waals surface area contributed by atoms with Crippen molar-refractivity contribution in [2.24, 2.45) is 15.7 Å². The third kappa shape index (κ3) is 13.4. The van der Waals surface area contributed by atoms with Gasteiger partial charge >= 0.3 is 0 Å². The van der Waals surface area contributed by atoms with Crippen molar-refractivity contribution in [3.8, 4) is 0 Å². The lowest BCUT2D eigenvalue weighted by Gasteiger charge is -2.09. The van der Waals surface area contributed by atoms with Gasteiger partial charge in [-0.1, -0.05) is 0 Å². The van der Waals surface area contributed by atoms with Crippen LogP contribution in [0.25, 0.3) is 0 Å². The Morgan fingerprint density at radius 2 is 1.27 bits per heavy atom. The fourth-order valence-corrected chi connectivity index (χ4v) is 1.80. The Hall–Kier alpha value is -1.54. The van der Waals surface area contributed by atoms with Crippen molar-refractivity contribution < 1.29 is 0 Å². The zero-order chi connectivity index (χ0) is 16.5. The molecule has 0 atom stereocenters. The van der Waals surface area contributed by atoms with E-state index in [1.54, 1.807) is 14.1 Å². The minimum absolute atomic E-state index is 0.505. The Morgan fingerprint density at radius 1 is 0.773 bits per heavy atom. The molecule has 7 N–H and O–H groups in total. The summed E-state index contributed by atoms with van der Waals surface area (Å²) < 4.78 is 0. The number of nitrogens with one attached hydrogen (secondary N) is 5. The van der Waals surface area contributed by atoms with E-state index in [9.17, 15) is 0 Å². The molecule has 0 rings (SSSR count). The molecule has 8 nitrogen and oxygen atoms in total. The van der Waals surface area contributed by atoms with Gasteiger partial charge in [-0.3, -0.25) is 9.98 Å². The first-order chi connectivity index (χ1) is 10.7. The Balaban J connectivity index is 3.15. The van der Waals surface area contributed by atoms with Crippen molar-refractivity contribution in [1.29, 1.82) is 0 Å². The lowest BCUT2D eigenvalue weighted by Crippen LogP contribution is -2.36. The molecule has 8 heteroatoms. The standard InChI is InChI=1S/C14H34N8/c1-16-13(15)21-11-5-9-19-7-4-8-20-10-6-12-22-14(17-2)18-3/h19-20H,4-12H2,1-3H3,(H3,15,16,21)(H2,17,18,22).